The molecule has 4 aliphatic carbocycles. The molecule has 10 atom stereocenters. The Labute approximate surface area is 374 Å². The van der Waals surface area contributed by atoms with Crippen LogP contribution in [-0.2, 0) is 42.5 Å². The van der Waals surface area contributed by atoms with Crippen LogP contribution in [0.25, 0.3) is 0 Å². The van der Waals surface area contributed by atoms with E-state index in [0.29, 0.717) is 11.1 Å². The molecule has 0 radical (unpaired) electrons. The minimum Gasteiger partial charge on any atom is -0.511 e. The van der Waals surface area contributed by atoms with Crippen LogP contribution >= 0.6 is 0 Å². The topological polar surface area (TPSA) is 127 Å². The van der Waals surface area contributed by atoms with Gasteiger partial charge in [-0.1, -0.05) is 138 Å². The van der Waals surface area contributed by atoms with Gasteiger partial charge in [0.2, 0.25) is 5.78 Å². The number of rotatable bonds is 11. The molecule has 11 heteroatoms. The number of allylic oxidation sites excluding steroid dienone is 5. The predicted octanol–water partition coefficient (Wildman–Crippen LogP) is 8.13. The third kappa shape index (κ3) is 8.12. The fraction of sp³-hybridized carbons (Fsp3) is 0.519. The van der Waals surface area contributed by atoms with E-state index in [9.17, 15) is 14.7 Å². The predicted molar refractivity (Wildman–Crippen MR) is 245 cm³/mol. The summed E-state index contributed by atoms with van der Waals surface area (Å²) in [6.07, 6.45) is 9.56. The number of hydrogen-bond acceptors (Lipinski definition) is 10. The maximum atomic E-state index is 15.7. The zero-order valence-corrected chi connectivity index (χ0v) is 39.6. The minimum atomic E-state index is -3.07. The van der Waals surface area contributed by atoms with E-state index in [1.807, 2.05) is 62.4 Å². The average molecular weight is 879 g/mol. The quantitative estimate of drug-likeness (QED) is 0.0778. The summed E-state index contributed by atoms with van der Waals surface area (Å²) in [5.74, 6) is -3.53. The first-order chi connectivity index (χ1) is 30.0. The highest BCUT2D eigenvalue weighted by atomic mass is 28.4. The zero-order valence-electron chi connectivity index (χ0n) is 38.6. The van der Waals surface area contributed by atoms with Gasteiger partial charge in [-0.25, -0.2) is 4.79 Å². The van der Waals surface area contributed by atoms with Gasteiger partial charge in [0.1, 0.15) is 24.9 Å². The number of methoxy groups -OCH3 is 2. The molecule has 1 saturated heterocycles. The Bertz CT molecular complexity index is 2160. The minimum absolute atomic E-state index is 0.0355. The molecule has 5 aliphatic rings. The van der Waals surface area contributed by atoms with Gasteiger partial charge in [-0.2, -0.15) is 0 Å². The van der Waals surface area contributed by atoms with Gasteiger partial charge in [0.15, 0.2) is 11.4 Å². The second kappa shape index (κ2) is 18.3. The molecule has 1 saturated carbocycles. The number of carbonyl (C=O) groups excluding carboxylic acids is 3. The monoisotopic (exact) mass is 878 g/mol. The number of benzene rings is 2. The van der Waals surface area contributed by atoms with Crippen LogP contribution in [0.4, 0.5) is 0 Å². The Hall–Kier alpha value is -4.23. The van der Waals surface area contributed by atoms with Crippen LogP contribution < -0.4 is 10.4 Å². The van der Waals surface area contributed by atoms with Crippen molar-refractivity contribution in [3.8, 4) is 0 Å². The first kappa shape index (κ1) is 46.8. The molecule has 2 aromatic carbocycles. The normalized spacial score (nSPS) is 34.2. The number of ketones is 2. The van der Waals surface area contributed by atoms with E-state index in [1.54, 1.807) is 20.1 Å². The molecule has 2 bridgehead atoms. The molecular weight excluding hydrogens is 813 g/mol. The molecule has 1 spiro atoms. The molecule has 7 rings (SSSR count). The van der Waals surface area contributed by atoms with Crippen LogP contribution in [0, 0.1) is 40.9 Å². The molecule has 0 aromatic heterocycles. The molecule has 2 fully saturated rings. The summed E-state index contributed by atoms with van der Waals surface area (Å²) in [4.78, 5) is 44.6. The van der Waals surface area contributed by atoms with E-state index in [2.05, 4.69) is 71.0 Å². The summed E-state index contributed by atoms with van der Waals surface area (Å²) in [6, 6.07) is 20.6. The van der Waals surface area contributed by atoms with Crippen LogP contribution in [0.3, 0.4) is 0 Å². The lowest BCUT2D eigenvalue weighted by molar-refractivity contribution is -0.165. The maximum Gasteiger partial charge on any atom is 0.346 e. The molecular formula is C52H66O10Si. The fourth-order valence-electron chi connectivity index (χ4n) is 12.0. The Morgan fingerprint density at radius 1 is 0.857 bits per heavy atom. The van der Waals surface area contributed by atoms with Crippen molar-refractivity contribution in [1.29, 1.82) is 0 Å². The summed E-state index contributed by atoms with van der Waals surface area (Å²) in [7, 11) is 0.0345. The van der Waals surface area contributed by atoms with E-state index in [-0.39, 0.29) is 85.0 Å². The molecule has 0 amide bonds. The number of esters is 1. The molecule has 1 heterocycles. The second-order valence-corrected chi connectivity index (χ2v) is 24.1. The Balaban J connectivity index is 1.40. The van der Waals surface area contributed by atoms with Crippen molar-refractivity contribution in [1.82, 2.24) is 0 Å². The van der Waals surface area contributed by atoms with Crippen molar-refractivity contribution >= 4 is 36.2 Å². The van der Waals surface area contributed by atoms with Gasteiger partial charge >= 0.3 is 5.97 Å². The molecule has 1 aliphatic heterocycles. The van der Waals surface area contributed by atoms with E-state index < -0.39 is 49.0 Å². The first-order valence-corrected chi connectivity index (χ1v) is 24.3. The Morgan fingerprint density at radius 2 is 1.48 bits per heavy atom. The number of aliphatic hydroxyl groups excluding tert-OH is 1. The highest BCUT2D eigenvalue weighted by Crippen LogP contribution is 2.60. The highest BCUT2D eigenvalue weighted by Gasteiger charge is 2.65. The fourth-order valence-corrected chi connectivity index (χ4v) is 16.6. The van der Waals surface area contributed by atoms with Gasteiger partial charge in [0.05, 0.1) is 24.7 Å². The lowest BCUT2D eigenvalue weighted by Gasteiger charge is -2.56. The smallest absolute Gasteiger partial charge is 0.346 e. The maximum absolute atomic E-state index is 15.7. The molecule has 1 N–H and O–H groups in total. The van der Waals surface area contributed by atoms with E-state index >= 15 is 4.79 Å². The Kier molecular flexibility index (Phi) is 13.6. The van der Waals surface area contributed by atoms with Crippen molar-refractivity contribution in [3.63, 3.8) is 0 Å². The summed E-state index contributed by atoms with van der Waals surface area (Å²) in [6.45, 7) is 16.7. The zero-order chi connectivity index (χ0) is 45.5. The summed E-state index contributed by atoms with van der Waals surface area (Å²) in [5, 5.41) is 14.9. The van der Waals surface area contributed by atoms with Crippen molar-refractivity contribution in [2.75, 3.05) is 34.4 Å². The van der Waals surface area contributed by atoms with Crippen LogP contribution in [0.15, 0.2) is 119 Å². The van der Waals surface area contributed by atoms with Gasteiger partial charge in [0.25, 0.3) is 8.32 Å². The van der Waals surface area contributed by atoms with Crippen LogP contribution in [0.2, 0.25) is 5.04 Å². The lowest BCUT2D eigenvalue weighted by atomic mass is 9.49. The Morgan fingerprint density at radius 3 is 2.08 bits per heavy atom. The summed E-state index contributed by atoms with van der Waals surface area (Å²) < 4.78 is 37.4. The van der Waals surface area contributed by atoms with Gasteiger partial charge in [-0.15, -0.1) is 0 Å². The molecule has 2 aromatic rings. The number of Topliss-reactive ketones (excluding diaryl/α,β-unsaturated/α-hetero) is 2. The van der Waals surface area contributed by atoms with Crippen molar-refractivity contribution < 1.29 is 47.6 Å². The summed E-state index contributed by atoms with van der Waals surface area (Å²) in [5.41, 5.74) is -1.43. The lowest BCUT2D eigenvalue weighted by Crippen LogP contribution is -2.66. The molecule has 338 valence electrons. The van der Waals surface area contributed by atoms with Crippen LogP contribution in [0.1, 0.15) is 74.7 Å². The van der Waals surface area contributed by atoms with Crippen molar-refractivity contribution in [3.05, 3.63) is 119 Å². The van der Waals surface area contributed by atoms with Gasteiger partial charge in [-0.3, -0.25) is 9.59 Å². The number of aliphatic hydroxyl groups is 1. The molecule has 0 unspecified atom stereocenters. The largest absolute Gasteiger partial charge is 0.511 e. The van der Waals surface area contributed by atoms with Crippen molar-refractivity contribution in [2.24, 2.45) is 40.9 Å². The van der Waals surface area contributed by atoms with E-state index in [4.69, 9.17) is 28.1 Å². The van der Waals surface area contributed by atoms with E-state index in [0.717, 1.165) is 22.4 Å². The number of fused-ring (bicyclic) bond motifs is 4. The van der Waals surface area contributed by atoms with Gasteiger partial charge in [-0.05, 0) is 64.6 Å². The molecule has 63 heavy (non-hydrogen) atoms. The number of ether oxygens (including phenoxy) is 5. The highest BCUT2D eigenvalue weighted by molar-refractivity contribution is 6.99. The third-order valence-electron chi connectivity index (χ3n) is 14.8. The van der Waals surface area contributed by atoms with Crippen LogP contribution in [0.5, 0.6) is 0 Å². The first-order valence-electron chi connectivity index (χ1n) is 22.4. The van der Waals surface area contributed by atoms with Crippen LogP contribution in [-0.4, -0.2) is 83.2 Å². The standard InChI is InChI=1S/C52H66O10Si/c1-32-21-24-42(53)33(2)26-41-43(59-30-57-9)27-36(29-61-63(50(5,6)7,37-17-13-11-14-18-37)38-19-15-12-16-20-38)28-52(41)48(55)44(49(56)62-52)47(54)51(8)40(32)23-22-39-45(51)34(3)25-35(4)46(39)60-31-58-10/h11-23,26-27,34-35,39-41,43,45-46,54H,24-25,28-31H2,1-10H3/b32-21+,33-26+,47-44?/t34-,35-,39-,40-,41+,43-,45+,46-,51+,52-/m0/s1. The van der Waals surface area contributed by atoms with Crippen molar-refractivity contribution in [2.45, 2.75) is 97.5 Å². The number of carbonyl (C=O) groups is 3. The molecule has 10 nitrogen and oxygen atoms in total. The van der Waals surface area contributed by atoms with Gasteiger partial charge in [0, 0.05) is 44.3 Å². The third-order valence-corrected chi connectivity index (χ3v) is 19.8. The van der Waals surface area contributed by atoms with Gasteiger partial charge < -0.3 is 33.2 Å². The van der Waals surface area contributed by atoms with E-state index in [1.165, 1.54) is 7.11 Å². The average Bonchev–Trinajstić information content (AvgIpc) is 3.49. The second-order valence-electron chi connectivity index (χ2n) is 19.8. The number of hydrogen-bond donors (Lipinski definition) is 1. The SMILES string of the molecule is COCO[C@@H]1[C@H]2C=C[C@H]3/C(C)=C/CC(=O)/C(C)=C/[C@@H]4[C@@H](OCOC)C=C(CO[Si](c5ccccc5)(c5ccccc5)C(C)(C)C)C[C@]45OC(=O)C(=C(O)[C@@]3(C)[C@@H]2[C@@H](C)C[C@@H]1C)C5=O. The summed E-state index contributed by atoms with van der Waals surface area (Å²) >= 11 is 0.